The Labute approximate surface area is 156 Å². The van der Waals surface area contributed by atoms with Crippen LogP contribution in [0.25, 0.3) is 0 Å². The third kappa shape index (κ3) is 15.0. The summed E-state index contributed by atoms with van der Waals surface area (Å²) in [4.78, 5) is 21.5. The Bertz CT molecular complexity index is 399. The molecule has 0 rings (SSSR count). The first kappa shape index (κ1) is 24.0. The van der Waals surface area contributed by atoms with Crippen molar-refractivity contribution in [1.29, 1.82) is 0 Å². The third-order valence-electron chi connectivity index (χ3n) is 4.28. The Kier molecular flexibility index (Phi) is 15.7. The lowest BCUT2D eigenvalue weighted by Gasteiger charge is -2.12. The van der Waals surface area contributed by atoms with Crippen molar-refractivity contribution in [2.75, 3.05) is 5.75 Å². The lowest BCUT2D eigenvalue weighted by Crippen LogP contribution is -2.07. The van der Waals surface area contributed by atoms with Crippen molar-refractivity contribution in [3.8, 4) is 0 Å². The Morgan fingerprint density at radius 3 is 2.40 bits per heavy atom. The molecule has 0 saturated heterocycles. The molecule has 0 heterocycles. The molecule has 1 atom stereocenters. The number of nitrogens with zero attached hydrogens (tertiary/aromatic N) is 1. The quantitative estimate of drug-likeness (QED) is 0.190. The molecule has 1 unspecified atom stereocenters. The van der Waals surface area contributed by atoms with Crippen LogP contribution in [0.15, 0.2) is 11.8 Å². The molecule has 25 heavy (non-hydrogen) atoms. The van der Waals surface area contributed by atoms with Crippen LogP contribution in [-0.4, -0.2) is 27.0 Å². The molecule has 0 aliphatic carbocycles. The molecule has 0 saturated carbocycles. The van der Waals surface area contributed by atoms with Gasteiger partial charge in [0.1, 0.15) is 0 Å². The summed E-state index contributed by atoms with van der Waals surface area (Å²) in [5.74, 6) is -0.645. The minimum atomic E-state index is -0.781. The molecule has 6 heteroatoms. The van der Waals surface area contributed by atoms with E-state index in [9.17, 15) is 14.9 Å². The summed E-state index contributed by atoms with van der Waals surface area (Å²) in [5.41, 5.74) is 0.347. The highest BCUT2D eigenvalue weighted by Gasteiger charge is 2.12. The normalized spacial score (nSPS) is 13.0. The zero-order valence-corrected chi connectivity index (χ0v) is 16.7. The number of allylic oxidation sites excluding steroid dienone is 2. The second-order valence-electron chi connectivity index (χ2n) is 6.49. The number of thioether (sulfide) groups is 1. The van der Waals surface area contributed by atoms with Crippen LogP contribution in [0.5, 0.6) is 0 Å². The number of unbranched alkanes of at least 4 members (excludes halogenated alkanes) is 7. The summed E-state index contributed by atoms with van der Waals surface area (Å²) < 4.78 is 0. The van der Waals surface area contributed by atoms with Crippen molar-refractivity contribution < 1.29 is 14.8 Å². The summed E-state index contributed by atoms with van der Waals surface area (Å²) in [7, 11) is 0. The van der Waals surface area contributed by atoms with E-state index in [4.69, 9.17) is 5.11 Å². The van der Waals surface area contributed by atoms with Crippen LogP contribution in [0.1, 0.15) is 90.9 Å². The molecule has 0 aliphatic rings. The maximum absolute atomic E-state index is 11.1. The van der Waals surface area contributed by atoms with Gasteiger partial charge in [0.25, 0.3) is 0 Å². The van der Waals surface area contributed by atoms with Gasteiger partial charge < -0.3 is 5.11 Å². The number of hydrogen-bond acceptors (Lipinski definition) is 4. The van der Waals surface area contributed by atoms with E-state index in [1.807, 2.05) is 0 Å². The first-order valence-corrected chi connectivity index (χ1v) is 10.7. The largest absolute Gasteiger partial charge is 0.481 e. The summed E-state index contributed by atoms with van der Waals surface area (Å²) in [6.07, 6.45) is 13.9. The SMILES string of the molecule is CCCCCCCC/C=C(/CCCCC(CC)SCC(=O)O)[N+](=O)[O-]. The minimum Gasteiger partial charge on any atom is -0.481 e. The fourth-order valence-corrected chi connectivity index (χ4v) is 3.68. The first-order valence-electron chi connectivity index (χ1n) is 9.68. The Hall–Kier alpha value is -1.04. The van der Waals surface area contributed by atoms with Crippen molar-refractivity contribution in [1.82, 2.24) is 0 Å². The summed E-state index contributed by atoms with van der Waals surface area (Å²) in [6.45, 7) is 4.25. The average molecular weight is 374 g/mol. The lowest BCUT2D eigenvalue weighted by atomic mass is 10.1. The van der Waals surface area contributed by atoms with Gasteiger partial charge >= 0.3 is 5.97 Å². The number of nitro groups is 1. The van der Waals surface area contributed by atoms with Gasteiger partial charge in [0, 0.05) is 11.7 Å². The van der Waals surface area contributed by atoms with Crippen molar-refractivity contribution in [2.45, 2.75) is 96.1 Å². The van der Waals surface area contributed by atoms with Crippen LogP contribution in [0, 0.1) is 10.1 Å². The third-order valence-corrected chi connectivity index (χ3v) is 5.73. The number of carboxylic acid groups (broad SMARTS) is 1. The topological polar surface area (TPSA) is 80.4 Å². The van der Waals surface area contributed by atoms with E-state index in [1.165, 1.54) is 37.4 Å². The van der Waals surface area contributed by atoms with Gasteiger partial charge in [0.15, 0.2) is 0 Å². The highest BCUT2D eigenvalue weighted by atomic mass is 32.2. The number of hydrogen-bond donors (Lipinski definition) is 1. The second-order valence-corrected chi connectivity index (χ2v) is 7.78. The van der Waals surface area contributed by atoms with Crippen molar-refractivity contribution in [3.05, 3.63) is 21.9 Å². The van der Waals surface area contributed by atoms with E-state index < -0.39 is 5.97 Å². The van der Waals surface area contributed by atoms with E-state index in [1.54, 1.807) is 6.08 Å². The van der Waals surface area contributed by atoms with Gasteiger partial charge in [-0.3, -0.25) is 14.9 Å². The maximum Gasteiger partial charge on any atom is 0.313 e. The van der Waals surface area contributed by atoms with E-state index in [-0.39, 0.29) is 10.7 Å². The smallest absolute Gasteiger partial charge is 0.313 e. The van der Waals surface area contributed by atoms with Gasteiger partial charge in [-0.2, -0.15) is 0 Å². The molecule has 0 aromatic heterocycles. The lowest BCUT2D eigenvalue weighted by molar-refractivity contribution is -0.428. The monoisotopic (exact) mass is 373 g/mol. The molecule has 0 fully saturated rings. The molecular formula is C19H35NO4S. The van der Waals surface area contributed by atoms with Crippen LogP contribution in [-0.2, 0) is 4.79 Å². The Balaban J connectivity index is 3.96. The molecule has 0 aromatic carbocycles. The molecule has 5 nitrogen and oxygen atoms in total. The summed E-state index contributed by atoms with van der Waals surface area (Å²) >= 11 is 1.47. The number of carboxylic acids is 1. The molecule has 146 valence electrons. The van der Waals surface area contributed by atoms with Crippen molar-refractivity contribution in [3.63, 3.8) is 0 Å². The zero-order valence-electron chi connectivity index (χ0n) is 15.9. The molecule has 1 N–H and O–H groups in total. The Morgan fingerprint density at radius 2 is 1.80 bits per heavy atom. The molecule has 0 amide bonds. The predicted molar refractivity (Wildman–Crippen MR) is 106 cm³/mol. The van der Waals surface area contributed by atoms with Gasteiger partial charge in [-0.25, -0.2) is 0 Å². The van der Waals surface area contributed by atoms with Crippen molar-refractivity contribution in [2.24, 2.45) is 0 Å². The first-order chi connectivity index (χ1) is 12.0. The van der Waals surface area contributed by atoms with Crippen LogP contribution in [0.3, 0.4) is 0 Å². The molecule has 0 bridgehead atoms. The predicted octanol–water partition coefficient (Wildman–Crippen LogP) is 6.05. The zero-order chi connectivity index (χ0) is 18.9. The highest BCUT2D eigenvalue weighted by Crippen LogP contribution is 2.22. The number of aliphatic carboxylic acids is 1. The van der Waals surface area contributed by atoms with Crippen LogP contribution >= 0.6 is 11.8 Å². The fraction of sp³-hybridized carbons (Fsp3) is 0.842. The number of carbonyl (C=O) groups is 1. The second kappa shape index (κ2) is 16.4. The van der Waals surface area contributed by atoms with Gasteiger partial charge in [0.2, 0.25) is 5.70 Å². The molecule has 0 spiro atoms. The molecule has 0 aromatic rings. The van der Waals surface area contributed by atoms with Crippen LogP contribution in [0.4, 0.5) is 0 Å². The molecule has 0 aliphatic heterocycles. The fourth-order valence-electron chi connectivity index (χ4n) is 2.73. The summed E-state index contributed by atoms with van der Waals surface area (Å²) in [6, 6.07) is 0. The van der Waals surface area contributed by atoms with Gasteiger partial charge in [-0.05, 0) is 38.2 Å². The standard InChI is InChI=1S/C19H35NO4S/c1-3-5-6-7-8-9-10-13-17(20(23)24)14-11-12-15-18(4-2)25-16-19(21)22/h13,18H,3-12,14-16H2,1-2H3,(H,21,22)/b17-13-. The minimum absolute atomic E-state index is 0.136. The molecule has 0 radical (unpaired) electrons. The van der Waals surface area contributed by atoms with E-state index in [0.717, 1.165) is 44.9 Å². The van der Waals surface area contributed by atoms with Crippen LogP contribution in [0.2, 0.25) is 0 Å². The van der Waals surface area contributed by atoms with Crippen LogP contribution < -0.4 is 0 Å². The maximum atomic E-state index is 11.1. The van der Waals surface area contributed by atoms with E-state index in [0.29, 0.717) is 17.4 Å². The van der Waals surface area contributed by atoms with E-state index in [2.05, 4.69) is 13.8 Å². The van der Waals surface area contributed by atoms with Gasteiger partial charge in [-0.1, -0.05) is 52.4 Å². The number of rotatable bonds is 17. The Morgan fingerprint density at radius 1 is 1.12 bits per heavy atom. The van der Waals surface area contributed by atoms with Gasteiger partial charge in [-0.15, -0.1) is 11.8 Å². The highest BCUT2D eigenvalue weighted by molar-refractivity contribution is 8.00. The van der Waals surface area contributed by atoms with Gasteiger partial charge in [0.05, 0.1) is 10.7 Å². The molecular weight excluding hydrogens is 338 g/mol. The van der Waals surface area contributed by atoms with Crippen molar-refractivity contribution >= 4 is 17.7 Å². The van der Waals surface area contributed by atoms with E-state index >= 15 is 0 Å². The average Bonchev–Trinajstić information content (AvgIpc) is 2.57. The summed E-state index contributed by atoms with van der Waals surface area (Å²) in [5, 5.41) is 20.2.